The van der Waals surface area contributed by atoms with Crippen molar-refractivity contribution in [3.8, 4) is 11.5 Å². The maximum Gasteiger partial charge on any atom is 0.191 e. The van der Waals surface area contributed by atoms with Gasteiger partial charge in [-0.3, -0.25) is 0 Å². The van der Waals surface area contributed by atoms with Crippen molar-refractivity contribution in [3.05, 3.63) is 52.8 Å². The van der Waals surface area contributed by atoms with Gasteiger partial charge in [-0.15, -0.1) is 0 Å². The summed E-state index contributed by atoms with van der Waals surface area (Å²) in [6, 6.07) is 9.74. The lowest BCUT2D eigenvalue weighted by Crippen LogP contribution is -2.38. The molecule has 1 aromatic heterocycles. The van der Waals surface area contributed by atoms with Crippen LogP contribution in [0.15, 0.2) is 41.5 Å². The fraction of sp³-hybridized carbons (Fsp3) is 0.400. The summed E-state index contributed by atoms with van der Waals surface area (Å²) in [6.07, 6.45) is 3.53. The van der Waals surface area contributed by atoms with Gasteiger partial charge in [0, 0.05) is 31.3 Å². The lowest BCUT2D eigenvalue weighted by molar-refractivity contribution is 0.296. The van der Waals surface area contributed by atoms with Gasteiger partial charge >= 0.3 is 0 Å². The molecule has 0 aliphatic carbocycles. The molecule has 27 heavy (non-hydrogen) atoms. The zero-order valence-corrected chi connectivity index (χ0v) is 16.3. The van der Waals surface area contributed by atoms with E-state index in [9.17, 15) is 0 Å². The molecule has 0 atom stereocenters. The van der Waals surface area contributed by atoms with Gasteiger partial charge < -0.3 is 20.1 Å². The van der Waals surface area contributed by atoms with Gasteiger partial charge in [-0.1, -0.05) is 29.8 Å². The van der Waals surface area contributed by atoms with Crippen molar-refractivity contribution in [2.45, 2.75) is 26.3 Å². The minimum Gasteiger partial charge on any atom is -0.490 e. The van der Waals surface area contributed by atoms with Crippen LogP contribution in [-0.4, -0.2) is 37.2 Å². The van der Waals surface area contributed by atoms with E-state index in [0.717, 1.165) is 54.5 Å². The van der Waals surface area contributed by atoms with Crippen LogP contribution in [0, 0.1) is 0 Å². The third-order valence-corrected chi connectivity index (χ3v) is 4.32. The molecule has 0 saturated heterocycles. The molecule has 1 aromatic carbocycles. The topological polar surface area (TPSA) is 67.8 Å². The molecule has 0 amide bonds. The highest BCUT2D eigenvalue weighted by Gasteiger charge is 2.14. The summed E-state index contributed by atoms with van der Waals surface area (Å²) in [6.45, 7) is 5.46. The van der Waals surface area contributed by atoms with E-state index in [-0.39, 0.29) is 0 Å². The maximum absolute atomic E-state index is 5.87. The molecule has 144 valence electrons. The third-order valence-electron chi connectivity index (χ3n) is 4.10. The minimum atomic E-state index is 0.509. The van der Waals surface area contributed by atoms with Crippen LogP contribution < -0.4 is 20.1 Å². The highest BCUT2D eigenvalue weighted by Crippen LogP contribution is 2.33. The average Bonchev–Trinajstić information content (AvgIpc) is 2.93. The lowest BCUT2D eigenvalue weighted by Gasteiger charge is -2.13. The highest BCUT2D eigenvalue weighted by atomic mass is 35.5. The molecule has 3 rings (SSSR count). The predicted octanol–water partition coefficient (Wildman–Crippen LogP) is 3.19. The van der Waals surface area contributed by atoms with E-state index in [2.05, 4.69) is 20.6 Å². The number of aliphatic imine (C=N–C) groups is 1. The SMILES string of the molecule is CCNC(=NCc1cccc2c1OCCCO2)NCCc1ccc(Cl)nc1. The smallest absolute Gasteiger partial charge is 0.191 e. The molecule has 0 bridgehead atoms. The number of ether oxygens (including phenoxy) is 2. The predicted molar refractivity (Wildman–Crippen MR) is 108 cm³/mol. The van der Waals surface area contributed by atoms with Crippen LogP contribution in [0.2, 0.25) is 5.15 Å². The first-order chi connectivity index (χ1) is 13.3. The van der Waals surface area contributed by atoms with Gasteiger partial charge in [-0.05, 0) is 31.0 Å². The second-order valence-electron chi connectivity index (χ2n) is 6.16. The van der Waals surface area contributed by atoms with Gasteiger partial charge in [-0.2, -0.15) is 0 Å². The molecular weight excluding hydrogens is 364 g/mol. The number of aromatic nitrogens is 1. The number of fused-ring (bicyclic) bond motifs is 1. The summed E-state index contributed by atoms with van der Waals surface area (Å²) in [5.74, 6) is 2.38. The second kappa shape index (κ2) is 10.0. The Hall–Kier alpha value is -2.47. The van der Waals surface area contributed by atoms with Crippen LogP contribution >= 0.6 is 11.6 Å². The van der Waals surface area contributed by atoms with Crippen LogP contribution in [0.1, 0.15) is 24.5 Å². The number of hydrogen-bond donors (Lipinski definition) is 2. The summed E-state index contributed by atoms with van der Waals surface area (Å²) in [5.41, 5.74) is 2.15. The van der Waals surface area contributed by atoms with Gasteiger partial charge in [-0.25, -0.2) is 9.98 Å². The fourth-order valence-corrected chi connectivity index (χ4v) is 2.88. The number of guanidine groups is 1. The molecule has 0 radical (unpaired) electrons. The monoisotopic (exact) mass is 388 g/mol. The van der Waals surface area contributed by atoms with Crippen LogP contribution in [0.3, 0.4) is 0 Å². The summed E-state index contributed by atoms with van der Waals surface area (Å²) in [4.78, 5) is 8.79. The van der Waals surface area contributed by atoms with Crippen molar-refractivity contribution in [2.75, 3.05) is 26.3 Å². The van der Waals surface area contributed by atoms with Crippen LogP contribution in [0.5, 0.6) is 11.5 Å². The summed E-state index contributed by atoms with van der Waals surface area (Å²) >= 11 is 5.82. The van der Waals surface area contributed by atoms with E-state index in [0.29, 0.717) is 24.9 Å². The van der Waals surface area contributed by atoms with Gasteiger partial charge in [0.1, 0.15) is 5.15 Å². The number of nitrogens with zero attached hydrogens (tertiary/aromatic N) is 2. The normalized spacial score (nSPS) is 13.8. The Balaban J connectivity index is 1.61. The summed E-state index contributed by atoms with van der Waals surface area (Å²) < 4.78 is 11.6. The number of para-hydroxylation sites is 1. The van der Waals surface area contributed by atoms with Gasteiger partial charge in [0.2, 0.25) is 0 Å². The van der Waals surface area contributed by atoms with Crippen molar-refractivity contribution < 1.29 is 9.47 Å². The number of nitrogens with one attached hydrogen (secondary N) is 2. The average molecular weight is 389 g/mol. The number of benzene rings is 1. The Labute approximate surface area is 165 Å². The largest absolute Gasteiger partial charge is 0.490 e. The van der Waals surface area contributed by atoms with E-state index in [1.807, 2.05) is 31.2 Å². The number of rotatable bonds is 6. The van der Waals surface area contributed by atoms with E-state index >= 15 is 0 Å². The Morgan fingerprint density at radius 3 is 2.89 bits per heavy atom. The van der Waals surface area contributed by atoms with E-state index in [1.165, 1.54) is 0 Å². The molecule has 2 aromatic rings. The molecule has 1 aliphatic rings. The molecular formula is C20H25ClN4O2. The highest BCUT2D eigenvalue weighted by molar-refractivity contribution is 6.29. The Morgan fingerprint density at radius 1 is 1.19 bits per heavy atom. The fourth-order valence-electron chi connectivity index (χ4n) is 2.76. The molecule has 0 spiro atoms. The molecule has 2 N–H and O–H groups in total. The first-order valence-electron chi connectivity index (χ1n) is 9.26. The molecule has 7 heteroatoms. The maximum atomic E-state index is 5.87. The molecule has 0 fully saturated rings. The minimum absolute atomic E-state index is 0.509. The van der Waals surface area contributed by atoms with E-state index in [4.69, 9.17) is 21.1 Å². The Kier molecular flexibility index (Phi) is 7.16. The van der Waals surface area contributed by atoms with Gasteiger partial charge in [0.05, 0.1) is 19.8 Å². The van der Waals surface area contributed by atoms with Crippen LogP contribution in [0.4, 0.5) is 0 Å². The summed E-state index contributed by atoms with van der Waals surface area (Å²) in [5, 5.41) is 7.13. The third kappa shape index (κ3) is 5.76. The van der Waals surface area contributed by atoms with Crippen molar-refractivity contribution in [1.82, 2.24) is 15.6 Å². The molecule has 6 nitrogen and oxygen atoms in total. The van der Waals surface area contributed by atoms with Crippen LogP contribution in [0.25, 0.3) is 0 Å². The van der Waals surface area contributed by atoms with E-state index < -0.39 is 0 Å². The molecule has 0 saturated carbocycles. The van der Waals surface area contributed by atoms with Gasteiger partial charge in [0.15, 0.2) is 17.5 Å². The lowest BCUT2D eigenvalue weighted by atomic mass is 10.2. The Morgan fingerprint density at radius 2 is 2.07 bits per heavy atom. The Bertz CT molecular complexity index is 765. The van der Waals surface area contributed by atoms with Crippen molar-refractivity contribution in [1.29, 1.82) is 0 Å². The molecule has 0 unspecified atom stereocenters. The first-order valence-corrected chi connectivity index (χ1v) is 9.64. The van der Waals surface area contributed by atoms with E-state index in [1.54, 1.807) is 12.3 Å². The zero-order chi connectivity index (χ0) is 18.9. The van der Waals surface area contributed by atoms with Crippen molar-refractivity contribution in [2.24, 2.45) is 4.99 Å². The molecule has 2 heterocycles. The summed E-state index contributed by atoms with van der Waals surface area (Å²) in [7, 11) is 0. The number of halogens is 1. The van der Waals surface area contributed by atoms with Crippen LogP contribution in [-0.2, 0) is 13.0 Å². The van der Waals surface area contributed by atoms with Crippen molar-refractivity contribution >= 4 is 17.6 Å². The number of hydrogen-bond acceptors (Lipinski definition) is 4. The number of pyridine rings is 1. The standard InChI is InChI=1S/C20H25ClN4O2/c1-2-22-20(23-10-9-15-7-8-18(21)24-13-15)25-14-16-5-3-6-17-19(16)27-12-4-11-26-17/h3,5-8,13H,2,4,9-12,14H2,1H3,(H2,22,23,25). The quantitative estimate of drug-likeness (QED) is 0.452. The first kappa shape index (κ1) is 19.3. The molecule has 1 aliphatic heterocycles. The second-order valence-corrected chi connectivity index (χ2v) is 6.54. The zero-order valence-electron chi connectivity index (χ0n) is 15.5. The van der Waals surface area contributed by atoms with Gasteiger partial charge in [0.25, 0.3) is 0 Å². The van der Waals surface area contributed by atoms with Crippen molar-refractivity contribution in [3.63, 3.8) is 0 Å².